The average molecular weight is 378 g/mol. The minimum absolute atomic E-state index is 0.0912. The van der Waals surface area contributed by atoms with Gasteiger partial charge in [-0.1, -0.05) is 42.5 Å². The number of nitrogens with one attached hydrogen (secondary N) is 2. The van der Waals surface area contributed by atoms with Crippen molar-refractivity contribution < 1.29 is 13.9 Å². The Morgan fingerprint density at radius 1 is 0.857 bits per heavy atom. The summed E-state index contributed by atoms with van der Waals surface area (Å²) in [5.41, 5.74) is 2.95. The Hall–Kier alpha value is -3.34. The maximum atomic E-state index is 12.9. The summed E-state index contributed by atoms with van der Waals surface area (Å²) in [6, 6.07) is 23.8. The quantitative estimate of drug-likeness (QED) is 0.587. The normalized spacial score (nSPS) is 10.3. The van der Waals surface area contributed by atoms with Crippen molar-refractivity contribution >= 4 is 11.6 Å². The molecule has 0 aliphatic heterocycles. The molecule has 0 heterocycles. The van der Waals surface area contributed by atoms with E-state index >= 15 is 0 Å². The number of hydrogen-bond donors (Lipinski definition) is 2. The Bertz CT molecular complexity index is 865. The van der Waals surface area contributed by atoms with Crippen LogP contribution in [-0.2, 0) is 17.8 Å². The number of carbonyl (C=O) groups excluding carboxylic acids is 1. The second-order valence-corrected chi connectivity index (χ2v) is 6.38. The summed E-state index contributed by atoms with van der Waals surface area (Å²) in [6.45, 7) is 1.22. The number of ether oxygens (including phenoxy) is 1. The van der Waals surface area contributed by atoms with Gasteiger partial charge in [0.2, 0.25) is 5.91 Å². The van der Waals surface area contributed by atoms with Crippen LogP contribution in [0.1, 0.15) is 11.1 Å². The molecule has 5 heteroatoms. The molecule has 3 rings (SSSR count). The van der Waals surface area contributed by atoms with Gasteiger partial charge in [0, 0.05) is 12.2 Å². The van der Waals surface area contributed by atoms with Crippen LogP contribution in [0.5, 0.6) is 5.75 Å². The van der Waals surface area contributed by atoms with E-state index in [9.17, 15) is 9.18 Å². The van der Waals surface area contributed by atoms with Crippen molar-refractivity contribution in [2.45, 2.75) is 13.0 Å². The molecule has 0 saturated carbocycles. The predicted octanol–water partition coefficient (Wildman–Crippen LogP) is 4.18. The standard InChI is InChI=1S/C23H23FN2O2/c24-20-8-6-18(7-9-20)14-15-25-23(27)16-26-21-10-12-22(13-11-21)28-17-19-4-2-1-3-5-19/h1-13,26H,14-17H2,(H,25,27). The van der Waals surface area contributed by atoms with Crippen LogP contribution < -0.4 is 15.4 Å². The summed E-state index contributed by atoms with van der Waals surface area (Å²) in [5.74, 6) is 0.429. The van der Waals surface area contributed by atoms with Crippen LogP contribution >= 0.6 is 0 Å². The fraction of sp³-hybridized carbons (Fsp3) is 0.174. The van der Waals surface area contributed by atoms with E-state index in [1.54, 1.807) is 12.1 Å². The zero-order chi connectivity index (χ0) is 19.6. The van der Waals surface area contributed by atoms with Gasteiger partial charge in [-0.2, -0.15) is 0 Å². The Morgan fingerprint density at radius 2 is 1.57 bits per heavy atom. The molecule has 0 fully saturated rings. The fourth-order valence-electron chi connectivity index (χ4n) is 2.65. The summed E-state index contributed by atoms with van der Waals surface area (Å²) in [5, 5.41) is 5.93. The van der Waals surface area contributed by atoms with Crippen LogP contribution in [0, 0.1) is 5.82 Å². The molecule has 0 bridgehead atoms. The van der Waals surface area contributed by atoms with Gasteiger partial charge in [0.15, 0.2) is 0 Å². The van der Waals surface area contributed by atoms with Crippen LogP contribution in [0.4, 0.5) is 10.1 Å². The van der Waals surface area contributed by atoms with E-state index in [2.05, 4.69) is 10.6 Å². The van der Waals surface area contributed by atoms with Gasteiger partial charge in [0.25, 0.3) is 0 Å². The summed E-state index contributed by atoms with van der Waals surface area (Å²) < 4.78 is 18.6. The average Bonchev–Trinajstić information content (AvgIpc) is 2.74. The molecule has 0 spiro atoms. The van der Waals surface area contributed by atoms with Crippen molar-refractivity contribution in [1.29, 1.82) is 0 Å². The Labute approximate surface area is 164 Å². The molecule has 0 aliphatic carbocycles. The number of rotatable bonds is 9. The molecular formula is C23H23FN2O2. The lowest BCUT2D eigenvalue weighted by atomic mass is 10.1. The van der Waals surface area contributed by atoms with Gasteiger partial charge in [-0.05, 0) is 53.9 Å². The summed E-state index contributed by atoms with van der Waals surface area (Å²) >= 11 is 0. The van der Waals surface area contributed by atoms with E-state index in [1.165, 1.54) is 12.1 Å². The van der Waals surface area contributed by atoms with E-state index in [0.29, 0.717) is 19.6 Å². The largest absolute Gasteiger partial charge is 0.489 e. The number of hydrogen-bond acceptors (Lipinski definition) is 3. The van der Waals surface area contributed by atoms with E-state index in [0.717, 1.165) is 22.6 Å². The zero-order valence-electron chi connectivity index (χ0n) is 15.5. The zero-order valence-corrected chi connectivity index (χ0v) is 15.5. The molecule has 1 amide bonds. The molecule has 0 saturated heterocycles. The smallest absolute Gasteiger partial charge is 0.239 e. The topological polar surface area (TPSA) is 50.4 Å². The molecule has 3 aromatic carbocycles. The van der Waals surface area contributed by atoms with Crippen molar-refractivity contribution in [1.82, 2.24) is 5.32 Å². The van der Waals surface area contributed by atoms with Gasteiger partial charge >= 0.3 is 0 Å². The Morgan fingerprint density at radius 3 is 2.29 bits per heavy atom. The molecule has 2 N–H and O–H groups in total. The van der Waals surface area contributed by atoms with Gasteiger partial charge in [-0.3, -0.25) is 4.79 Å². The second-order valence-electron chi connectivity index (χ2n) is 6.38. The minimum Gasteiger partial charge on any atom is -0.489 e. The van der Waals surface area contributed by atoms with Crippen LogP contribution in [0.2, 0.25) is 0 Å². The molecule has 0 unspecified atom stereocenters. The highest BCUT2D eigenvalue weighted by atomic mass is 19.1. The van der Waals surface area contributed by atoms with Gasteiger partial charge < -0.3 is 15.4 Å². The van der Waals surface area contributed by atoms with Crippen molar-refractivity contribution in [2.75, 3.05) is 18.4 Å². The predicted molar refractivity (Wildman–Crippen MR) is 109 cm³/mol. The van der Waals surface area contributed by atoms with E-state index in [1.807, 2.05) is 54.6 Å². The van der Waals surface area contributed by atoms with Gasteiger partial charge in [0.1, 0.15) is 18.2 Å². The highest BCUT2D eigenvalue weighted by molar-refractivity contribution is 5.80. The third-order valence-corrected chi connectivity index (χ3v) is 4.20. The maximum absolute atomic E-state index is 12.9. The first-order valence-corrected chi connectivity index (χ1v) is 9.21. The first-order valence-electron chi connectivity index (χ1n) is 9.21. The Kier molecular flexibility index (Phi) is 7.01. The third kappa shape index (κ3) is 6.43. The third-order valence-electron chi connectivity index (χ3n) is 4.20. The number of halogens is 1. The lowest BCUT2D eigenvalue weighted by Gasteiger charge is -2.10. The molecule has 4 nitrogen and oxygen atoms in total. The minimum atomic E-state index is -0.256. The van der Waals surface area contributed by atoms with Gasteiger partial charge in [0.05, 0.1) is 6.54 Å². The summed E-state index contributed by atoms with van der Waals surface area (Å²) in [6.07, 6.45) is 0.666. The molecule has 0 radical (unpaired) electrons. The fourth-order valence-corrected chi connectivity index (χ4v) is 2.65. The highest BCUT2D eigenvalue weighted by Gasteiger charge is 2.02. The van der Waals surface area contributed by atoms with Gasteiger partial charge in [-0.25, -0.2) is 4.39 Å². The van der Waals surface area contributed by atoms with E-state index < -0.39 is 0 Å². The van der Waals surface area contributed by atoms with E-state index in [-0.39, 0.29) is 18.3 Å². The maximum Gasteiger partial charge on any atom is 0.239 e. The lowest BCUT2D eigenvalue weighted by molar-refractivity contribution is -0.119. The molecule has 3 aromatic rings. The van der Waals surface area contributed by atoms with E-state index in [4.69, 9.17) is 4.74 Å². The molecule has 144 valence electrons. The molecule has 0 aromatic heterocycles. The molecule has 0 aliphatic rings. The summed E-state index contributed by atoms with van der Waals surface area (Å²) in [7, 11) is 0. The van der Waals surface area contributed by atoms with Crippen LogP contribution in [0.3, 0.4) is 0 Å². The number of carbonyl (C=O) groups is 1. The number of benzene rings is 3. The van der Waals surface area contributed by atoms with Crippen molar-refractivity contribution in [3.05, 3.63) is 95.8 Å². The number of amides is 1. The van der Waals surface area contributed by atoms with Crippen LogP contribution in [0.15, 0.2) is 78.9 Å². The van der Waals surface area contributed by atoms with Crippen LogP contribution in [-0.4, -0.2) is 19.0 Å². The lowest BCUT2D eigenvalue weighted by Crippen LogP contribution is -2.31. The summed E-state index contributed by atoms with van der Waals surface area (Å²) in [4.78, 5) is 11.9. The van der Waals surface area contributed by atoms with Gasteiger partial charge in [-0.15, -0.1) is 0 Å². The monoisotopic (exact) mass is 378 g/mol. The number of anilines is 1. The van der Waals surface area contributed by atoms with Crippen molar-refractivity contribution in [3.8, 4) is 5.75 Å². The van der Waals surface area contributed by atoms with Crippen LogP contribution in [0.25, 0.3) is 0 Å². The second kappa shape index (κ2) is 10.1. The highest BCUT2D eigenvalue weighted by Crippen LogP contribution is 2.17. The first-order chi connectivity index (χ1) is 13.7. The van der Waals surface area contributed by atoms with Crippen molar-refractivity contribution in [2.24, 2.45) is 0 Å². The Balaban J connectivity index is 1.35. The first kappa shape index (κ1) is 19.4. The van der Waals surface area contributed by atoms with Crippen molar-refractivity contribution in [3.63, 3.8) is 0 Å². The molecular weight excluding hydrogens is 355 g/mol. The molecule has 0 atom stereocenters. The molecule has 28 heavy (non-hydrogen) atoms. The SMILES string of the molecule is O=C(CNc1ccc(OCc2ccccc2)cc1)NCCc1ccc(F)cc1.